The van der Waals surface area contributed by atoms with Crippen LogP contribution < -0.4 is 0 Å². The van der Waals surface area contributed by atoms with Gasteiger partial charge in [0.2, 0.25) is 5.95 Å². The van der Waals surface area contributed by atoms with E-state index in [-0.39, 0.29) is 0 Å². The first-order valence-electron chi connectivity index (χ1n) is 4.81. The lowest BCUT2D eigenvalue weighted by Gasteiger charge is -2.01. The monoisotopic (exact) mass is 212 g/mol. The Morgan fingerprint density at radius 2 is 2.19 bits per heavy atom. The van der Waals surface area contributed by atoms with Crippen molar-refractivity contribution in [3.63, 3.8) is 0 Å². The number of nitrogens with zero attached hydrogens (tertiary/aromatic N) is 2. The lowest BCUT2D eigenvalue weighted by atomic mass is 10.1. The fourth-order valence-corrected chi connectivity index (χ4v) is 1.65. The van der Waals surface area contributed by atoms with Crippen molar-refractivity contribution in [2.45, 2.75) is 0 Å². The van der Waals surface area contributed by atoms with Crippen molar-refractivity contribution in [1.29, 1.82) is 0 Å². The smallest absolute Gasteiger partial charge is 0.220 e. The van der Waals surface area contributed by atoms with Crippen molar-refractivity contribution >= 4 is 11.0 Å². The maximum Gasteiger partial charge on any atom is 0.220 e. The molecule has 4 heteroatoms. The average molecular weight is 212 g/mol. The lowest BCUT2D eigenvalue weighted by Crippen LogP contribution is -1.87. The molecule has 0 bridgehead atoms. The lowest BCUT2D eigenvalue weighted by molar-refractivity contribution is 0.587. The van der Waals surface area contributed by atoms with Gasteiger partial charge in [0.1, 0.15) is 0 Å². The van der Waals surface area contributed by atoms with E-state index in [9.17, 15) is 4.39 Å². The van der Waals surface area contributed by atoms with E-state index in [4.69, 9.17) is 0 Å². The molecular formula is C12H7FN3. The number of rotatable bonds is 1. The molecule has 0 spiro atoms. The van der Waals surface area contributed by atoms with Crippen molar-refractivity contribution in [1.82, 2.24) is 15.0 Å². The predicted octanol–water partition coefficient (Wildman–Crippen LogP) is 2.56. The van der Waals surface area contributed by atoms with Gasteiger partial charge in [0.05, 0.1) is 11.0 Å². The number of fused-ring (bicyclic) bond motifs is 1. The molecule has 0 aliphatic carbocycles. The number of halogens is 1. The number of aromatic nitrogens is 3. The molecule has 0 atom stereocenters. The fraction of sp³-hybridized carbons (Fsp3) is 0. The van der Waals surface area contributed by atoms with Crippen LogP contribution in [0.15, 0.2) is 36.5 Å². The number of H-pyrrole nitrogens is 1. The van der Waals surface area contributed by atoms with Gasteiger partial charge in [-0.1, -0.05) is 6.07 Å². The second kappa shape index (κ2) is 3.41. The zero-order valence-corrected chi connectivity index (χ0v) is 8.24. The summed E-state index contributed by atoms with van der Waals surface area (Å²) in [6.45, 7) is 0. The summed E-state index contributed by atoms with van der Waals surface area (Å²) in [5, 5.41) is 0. The van der Waals surface area contributed by atoms with Crippen LogP contribution in [0.25, 0.3) is 22.2 Å². The highest BCUT2D eigenvalue weighted by atomic mass is 19.1. The summed E-state index contributed by atoms with van der Waals surface area (Å²) in [6, 6.07) is 8.89. The number of nitrogens with one attached hydrogen (secondary N) is 1. The van der Waals surface area contributed by atoms with Gasteiger partial charge in [0.15, 0.2) is 6.33 Å². The summed E-state index contributed by atoms with van der Waals surface area (Å²) in [5.41, 5.74) is 2.89. The molecule has 2 aromatic heterocycles. The van der Waals surface area contributed by atoms with E-state index >= 15 is 0 Å². The number of imidazole rings is 1. The minimum atomic E-state index is -0.471. The SMILES string of the molecule is Fc1ncccc1-c1ccc2[nH][c]nc2c1. The Bertz CT molecular complexity index is 645. The highest BCUT2D eigenvalue weighted by Gasteiger charge is 2.06. The van der Waals surface area contributed by atoms with Crippen LogP contribution in [0.2, 0.25) is 0 Å². The van der Waals surface area contributed by atoms with Gasteiger partial charge in [0, 0.05) is 11.8 Å². The molecular weight excluding hydrogens is 205 g/mol. The molecule has 0 fully saturated rings. The third kappa shape index (κ3) is 1.35. The Labute approximate surface area is 91.0 Å². The summed E-state index contributed by atoms with van der Waals surface area (Å²) in [4.78, 5) is 10.5. The van der Waals surface area contributed by atoms with Crippen LogP contribution in [0.1, 0.15) is 0 Å². The van der Waals surface area contributed by atoms with Gasteiger partial charge >= 0.3 is 0 Å². The zero-order chi connectivity index (χ0) is 11.0. The molecule has 0 amide bonds. The van der Waals surface area contributed by atoms with E-state index in [0.717, 1.165) is 16.6 Å². The van der Waals surface area contributed by atoms with E-state index in [0.29, 0.717) is 5.56 Å². The molecule has 77 valence electrons. The molecule has 0 aliphatic rings. The average Bonchev–Trinajstić information content (AvgIpc) is 2.76. The summed E-state index contributed by atoms with van der Waals surface area (Å²) < 4.78 is 13.5. The molecule has 1 aromatic carbocycles. The van der Waals surface area contributed by atoms with Gasteiger partial charge in [-0.05, 0) is 29.8 Å². The van der Waals surface area contributed by atoms with Crippen LogP contribution in [0.5, 0.6) is 0 Å². The highest BCUT2D eigenvalue weighted by molar-refractivity contribution is 5.81. The van der Waals surface area contributed by atoms with Gasteiger partial charge in [0.25, 0.3) is 0 Å². The second-order valence-corrected chi connectivity index (χ2v) is 3.42. The molecule has 0 aliphatic heterocycles. The first kappa shape index (κ1) is 9.03. The van der Waals surface area contributed by atoms with Crippen LogP contribution >= 0.6 is 0 Å². The van der Waals surface area contributed by atoms with Crippen LogP contribution in [0, 0.1) is 12.3 Å². The van der Waals surface area contributed by atoms with Gasteiger partial charge < -0.3 is 4.98 Å². The van der Waals surface area contributed by atoms with Crippen LogP contribution in [0.3, 0.4) is 0 Å². The predicted molar refractivity (Wildman–Crippen MR) is 58.1 cm³/mol. The van der Waals surface area contributed by atoms with Gasteiger partial charge in [-0.15, -0.1) is 0 Å². The first-order chi connectivity index (χ1) is 7.84. The Morgan fingerprint density at radius 1 is 1.25 bits per heavy atom. The molecule has 3 aromatic rings. The molecule has 16 heavy (non-hydrogen) atoms. The zero-order valence-electron chi connectivity index (χ0n) is 8.24. The summed E-state index contributed by atoms with van der Waals surface area (Å²) in [6.07, 6.45) is 4.08. The summed E-state index contributed by atoms with van der Waals surface area (Å²) in [5.74, 6) is -0.471. The summed E-state index contributed by atoms with van der Waals surface area (Å²) >= 11 is 0. The van der Waals surface area contributed by atoms with E-state index in [1.807, 2.05) is 18.2 Å². The van der Waals surface area contributed by atoms with Crippen LogP contribution in [-0.4, -0.2) is 15.0 Å². The Kier molecular flexibility index (Phi) is 1.93. The third-order valence-corrected chi connectivity index (χ3v) is 2.43. The second-order valence-electron chi connectivity index (χ2n) is 3.42. The number of pyridine rings is 1. The standard InChI is InChI=1S/C12H7FN3/c13-12-9(2-1-5-14-12)8-3-4-10-11(6-8)16-7-15-10/h1-6H,(H,15,16). The maximum absolute atomic E-state index is 13.5. The topological polar surface area (TPSA) is 41.6 Å². The number of hydrogen-bond acceptors (Lipinski definition) is 2. The van der Waals surface area contributed by atoms with Crippen LogP contribution in [-0.2, 0) is 0 Å². The Hall–Kier alpha value is -2.23. The maximum atomic E-state index is 13.5. The molecule has 0 unspecified atom stereocenters. The molecule has 0 saturated heterocycles. The molecule has 1 N–H and O–H groups in total. The number of aromatic amines is 1. The largest absolute Gasteiger partial charge is 0.335 e. The Balaban J connectivity index is 2.22. The quantitative estimate of drug-likeness (QED) is 0.630. The molecule has 3 rings (SSSR count). The van der Waals surface area contributed by atoms with Crippen molar-refractivity contribution < 1.29 is 4.39 Å². The van der Waals surface area contributed by atoms with Gasteiger partial charge in [-0.25, -0.2) is 9.97 Å². The minimum absolute atomic E-state index is 0.471. The molecule has 3 nitrogen and oxygen atoms in total. The fourth-order valence-electron chi connectivity index (χ4n) is 1.65. The van der Waals surface area contributed by atoms with E-state index in [2.05, 4.69) is 21.3 Å². The van der Waals surface area contributed by atoms with Gasteiger partial charge in [-0.3, -0.25) is 0 Å². The number of hydrogen-bond donors (Lipinski definition) is 1. The van der Waals surface area contributed by atoms with Crippen molar-refractivity contribution in [2.75, 3.05) is 0 Å². The van der Waals surface area contributed by atoms with Crippen molar-refractivity contribution in [3.05, 3.63) is 48.8 Å². The molecule has 1 radical (unpaired) electrons. The molecule has 2 heterocycles. The Morgan fingerprint density at radius 3 is 3.06 bits per heavy atom. The van der Waals surface area contributed by atoms with Gasteiger partial charge in [-0.2, -0.15) is 4.39 Å². The van der Waals surface area contributed by atoms with E-state index < -0.39 is 5.95 Å². The van der Waals surface area contributed by atoms with E-state index in [1.54, 1.807) is 12.1 Å². The minimum Gasteiger partial charge on any atom is -0.335 e. The van der Waals surface area contributed by atoms with Crippen LogP contribution in [0.4, 0.5) is 4.39 Å². The third-order valence-electron chi connectivity index (χ3n) is 2.43. The first-order valence-corrected chi connectivity index (χ1v) is 4.81. The van der Waals surface area contributed by atoms with Crippen molar-refractivity contribution in [3.8, 4) is 11.1 Å². The summed E-state index contributed by atoms with van der Waals surface area (Å²) in [7, 11) is 0. The van der Waals surface area contributed by atoms with E-state index in [1.165, 1.54) is 6.20 Å². The number of benzene rings is 1. The molecule has 0 saturated carbocycles. The highest BCUT2D eigenvalue weighted by Crippen LogP contribution is 2.23. The normalized spacial score (nSPS) is 10.8. The van der Waals surface area contributed by atoms with Crippen molar-refractivity contribution in [2.24, 2.45) is 0 Å².